The van der Waals surface area contributed by atoms with Gasteiger partial charge < -0.3 is 24.7 Å². The molecule has 1 aliphatic heterocycles. The third-order valence-electron chi connectivity index (χ3n) is 4.48. The summed E-state index contributed by atoms with van der Waals surface area (Å²) >= 11 is 0. The Labute approximate surface area is 148 Å². The van der Waals surface area contributed by atoms with E-state index in [-0.39, 0.29) is 29.4 Å². The second kappa shape index (κ2) is 6.23. The van der Waals surface area contributed by atoms with Crippen LogP contribution in [0.15, 0.2) is 39.7 Å². The van der Waals surface area contributed by atoms with Gasteiger partial charge in [0.1, 0.15) is 17.2 Å². The summed E-state index contributed by atoms with van der Waals surface area (Å²) in [7, 11) is 0. The van der Waals surface area contributed by atoms with E-state index in [2.05, 4.69) is 9.97 Å². The Bertz CT molecular complexity index is 987. The molecule has 4 N–H and O–H groups in total. The lowest BCUT2D eigenvalue weighted by atomic mass is 10.0. The number of nitrogens with one attached hydrogen (secondary N) is 1. The number of H-pyrrole nitrogens is 1. The summed E-state index contributed by atoms with van der Waals surface area (Å²) in [5.74, 6) is 0.294. The zero-order valence-corrected chi connectivity index (χ0v) is 13.8. The fourth-order valence-corrected chi connectivity index (χ4v) is 3.17. The lowest BCUT2D eigenvalue weighted by Gasteiger charge is -2.28. The second-order valence-corrected chi connectivity index (χ2v) is 6.24. The molecule has 0 spiro atoms. The Balaban J connectivity index is 1.63. The minimum absolute atomic E-state index is 0.177. The second-order valence-electron chi connectivity index (χ2n) is 6.24. The molecule has 0 atom stereocenters. The van der Waals surface area contributed by atoms with Crippen molar-refractivity contribution in [2.75, 3.05) is 6.54 Å². The predicted octanol–water partition coefficient (Wildman–Crippen LogP) is 1.70. The number of aromatic amines is 1. The van der Waals surface area contributed by atoms with Gasteiger partial charge in [0.05, 0.1) is 12.0 Å². The van der Waals surface area contributed by atoms with E-state index >= 15 is 0 Å². The first-order valence-electron chi connectivity index (χ1n) is 8.13. The quantitative estimate of drug-likeness (QED) is 0.564. The van der Waals surface area contributed by atoms with Crippen LogP contribution >= 0.6 is 0 Å². The van der Waals surface area contributed by atoms with Crippen molar-refractivity contribution in [2.45, 2.75) is 19.5 Å². The van der Waals surface area contributed by atoms with E-state index in [1.807, 2.05) is 4.90 Å². The van der Waals surface area contributed by atoms with Gasteiger partial charge in [0.2, 0.25) is 0 Å². The van der Waals surface area contributed by atoms with Gasteiger partial charge >= 0.3 is 0 Å². The predicted molar refractivity (Wildman–Crippen MR) is 91.8 cm³/mol. The zero-order valence-electron chi connectivity index (χ0n) is 13.8. The normalized spacial score (nSPS) is 14.3. The molecule has 0 radical (unpaired) electrons. The van der Waals surface area contributed by atoms with Crippen LogP contribution in [0.3, 0.4) is 0 Å². The van der Waals surface area contributed by atoms with Crippen LogP contribution in [0.1, 0.15) is 16.8 Å². The van der Waals surface area contributed by atoms with Gasteiger partial charge in [-0.25, -0.2) is 4.98 Å². The summed E-state index contributed by atoms with van der Waals surface area (Å²) in [6, 6.07) is 5.81. The first kappa shape index (κ1) is 16.2. The number of aromatic hydroxyl groups is 3. The van der Waals surface area contributed by atoms with Gasteiger partial charge in [-0.15, -0.1) is 0 Å². The van der Waals surface area contributed by atoms with E-state index < -0.39 is 0 Å². The van der Waals surface area contributed by atoms with Crippen molar-refractivity contribution in [3.63, 3.8) is 0 Å². The molecule has 0 amide bonds. The van der Waals surface area contributed by atoms with Crippen LogP contribution in [-0.2, 0) is 19.5 Å². The average Bonchev–Trinajstić information content (AvgIpc) is 3.12. The number of hydrogen-bond donors (Lipinski definition) is 4. The monoisotopic (exact) mass is 355 g/mol. The highest BCUT2D eigenvalue weighted by Gasteiger charge is 2.23. The molecule has 2 aromatic heterocycles. The van der Waals surface area contributed by atoms with E-state index in [0.717, 1.165) is 0 Å². The minimum Gasteiger partial charge on any atom is -0.508 e. The highest BCUT2D eigenvalue weighted by molar-refractivity contribution is 5.49. The molecule has 26 heavy (non-hydrogen) atoms. The topological polar surface area (TPSA) is 123 Å². The fourth-order valence-electron chi connectivity index (χ4n) is 3.17. The fraction of sp³-hybridized carbons (Fsp3) is 0.222. The average molecular weight is 355 g/mol. The molecule has 0 unspecified atom stereocenters. The zero-order chi connectivity index (χ0) is 18.3. The molecule has 3 aromatic rings. The van der Waals surface area contributed by atoms with Crippen LogP contribution in [0.2, 0.25) is 0 Å². The van der Waals surface area contributed by atoms with Crippen molar-refractivity contribution in [2.24, 2.45) is 0 Å². The summed E-state index contributed by atoms with van der Waals surface area (Å²) in [4.78, 5) is 21.5. The molecule has 4 rings (SSSR count). The van der Waals surface area contributed by atoms with Crippen molar-refractivity contribution in [1.29, 1.82) is 0 Å². The van der Waals surface area contributed by atoms with Crippen molar-refractivity contribution in [3.05, 3.63) is 57.7 Å². The highest BCUT2D eigenvalue weighted by Crippen LogP contribution is 2.33. The van der Waals surface area contributed by atoms with Gasteiger partial charge in [0, 0.05) is 42.9 Å². The van der Waals surface area contributed by atoms with Crippen LogP contribution < -0.4 is 5.56 Å². The van der Waals surface area contributed by atoms with E-state index in [4.69, 9.17) is 4.42 Å². The third-order valence-corrected chi connectivity index (χ3v) is 4.48. The maximum absolute atomic E-state index is 12.3. The highest BCUT2D eigenvalue weighted by atomic mass is 16.3. The molecule has 134 valence electrons. The Morgan fingerprint density at radius 1 is 1.23 bits per heavy atom. The standard InChI is InChI=1S/C18H17N3O5/c22-10-6-14(23)12(15(24)7-10)8-21-4-3-11-13(9-21)19-17(20-18(11)25)16-2-1-5-26-16/h1-2,5-7,22-24H,3-4,8-9H2,(H,19,20,25). The first-order chi connectivity index (χ1) is 12.5. The number of furan rings is 1. The number of nitrogens with zero attached hydrogens (tertiary/aromatic N) is 2. The number of phenols is 3. The van der Waals surface area contributed by atoms with Gasteiger partial charge in [-0.1, -0.05) is 0 Å². The molecular weight excluding hydrogens is 338 g/mol. The molecular formula is C18H17N3O5. The van der Waals surface area contributed by atoms with Gasteiger partial charge in [-0.3, -0.25) is 9.69 Å². The molecule has 0 aliphatic carbocycles. The molecule has 0 fully saturated rings. The van der Waals surface area contributed by atoms with Crippen molar-refractivity contribution < 1.29 is 19.7 Å². The van der Waals surface area contributed by atoms with E-state index in [0.29, 0.717) is 47.9 Å². The van der Waals surface area contributed by atoms with E-state index in [1.165, 1.54) is 18.4 Å². The Hall–Kier alpha value is -3.26. The Morgan fingerprint density at radius 3 is 2.69 bits per heavy atom. The number of benzene rings is 1. The molecule has 0 saturated carbocycles. The lowest BCUT2D eigenvalue weighted by molar-refractivity contribution is 0.234. The van der Waals surface area contributed by atoms with Crippen LogP contribution in [-0.4, -0.2) is 36.7 Å². The van der Waals surface area contributed by atoms with Crippen molar-refractivity contribution in [3.8, 4) is 28.8 Å². The molecule has 1 aliphatic rings. The van der Waals surface area contributed by atoms with Gasteiger partial charge in [0.25, 0.3) is 5.56 Å². The summed E-state index contributed by atoms with van der Waals surface area (Å²) in [6.45, 7) is 1.24. The smallest absolute Gasteiger partial charge is 0.254 e. The summed E-state index contributed by atoms with van der Waals surface area (Å²) in [5, 5.41) is 29.4. The van der Waals surface area contributed by atoms with Crippen LogP contribution in [0.5, 0.6) is 17.2 Å². The number of phenolic OH excluding ortho intramolecular Hbond substituents is 3. The van der Waals surface area contributed by atoms with Gasteiger partial charge in [-0.2, -0.15) is 0 Å². The van der Waals surface area contributed by atoms with E-state index in [1.54, 1.807) is 12.1 Å². The number of fused-ring (bicyclic) bond motifs is 1. The lowest BCUT2D eigenvalue weighted by Crippen LogP contribution is -2.35. The van der Waals surface area contributed by atoms with E-state index in [9.17, 15) is 20.1 Å². The number of hydrogen-bond acceptors (Lipinski definition) is 7. The number of rotatable bonds is 3. The maximum Gasteiger partial charge on any atom is 0.254 e. The molecule has 0 bridgehead atoms. The minimum atomic E-state index is -0.205. The maximum atomic E-state index is 12.3. The van der Waals surface area contributed by atoms with Gasteiger partial charge in [-0.05, 0) is 18.6 Å². The molecule has 8 heteroatoms. The Kier molecular flexibility index (Phi) is 3.89. The van der Waals surface area contributed by atoms with Gasteiger partial charge in [0.15, 0.2) is 11.6 Å². The molecule has 1 aromatic carbocycles. The number of aromatic nitrogens is 2. The van der Waals surface area contributed by atoms with Crippen molar-refractivity contribution in [1.82, 2.24) is 14.9 Å². The van der Waals surface area contributed by atoms with Crippen LogP contribution in [0.25, 0.3) is 11.6 Å². The van der Waals surface area contributed by atoms with Crippen LogP contribution in [0, 0.1) is 0 Å². The summed E-state index contributed by atoms with van der Waals surface area (Å²) in [6.07, 6.45) is 2.02. The summed E-state index contributed by atoms with van der Waals surface area (Å²) in [5.41, 5.74) is 1.42. The molecule has 0 saturated heterocycles. The first-order valence-corrected chi connectivity index (χ1v) is 8.13. The summed E-state index contributed by atoms with van der Waals surface area (Å²) < 4.78 is 5.29. The molecule has 8 nitrogen and oxygen atoms in total. The SMILES string of the molecule is O=c1[nH]c(-c2ccco2)nc2c1CCN(Cc1c(O)cc(O)cc1O)C2. The van der Waals surface area contributed by atoms with Crippen LogP contribution in [0.4, 0.5) is 0 Å². The largest absolute Gasteiger partial charge is 0.508 e. The molecule has 3 heterocycles. The third kappa shape index (κ3) is 2.91. The Morgan fingerprint density at radius 2 is 2.00 bits per heavy atom. The van der Waals surface area contributed by atoms with Crippen molar-refractivity contribution >= 4 is 0 Å².